The number of benzene rings is 1. The van der Waals surface area contributed by atoms with Crippen molar-refractivity contribution < 1.29 is 5.11 Å². The summed E-state index contributed by atoms with van der Waals surface area (Å²) in [4.78, 5) is 7.55. The van der Waals surface area contributed by atoms with Gasteiger partial charge >= 0.3 is 0 Å². The van der Waals surface area contributed by atoms with Gasteiger partial charge in [0.1, 0.15) is 0 Å². The van der Waals surface area contributed by atoms with Crippen LogP contribution in [-0.4, -0.2) is 28.1 Å². The number of aryl methyl sites for hydroxylation is 1. The van der Waals surface area contributed by atoms with E-state index in [-0.39, 0.29) is 0 Å². The Morgan fingerprint density at radius 3 is 2.63 bits per heavy atom. The molecule has 1 N–H and O–H groups in total. The van der Waals surface area contributed by atoms with Gasteiger partial charge in [0.25, 0.3) is 0 Å². The van der Waals surface area contributed by atoms with Crippen molar-refractivity contribution in [3.05, 3.63) is 52.0 Å². The Morgan fingerprint density at radius 2 is 2.05 bits per heavy atom. The van der Waals surface area contributed by atoms with Gasteiger partial charge in [0.15, 0.2) is 0 Å². The van der Waals surface area contributed by atoms with Gasteiger partial charge in [0, 0.05) is 24.2 Å². The van der Waals surface area contributed by atoms with Crippen molar-refractivity contribution in [3.8, 4) is 0 Å². The number of aliphatic hydroxyl groups excluding tert-OH is 1. The maximum absolute atomic E-state index is 10.3. The third-order valence-electron chi connectivity index (χ3n) is 3.20. The number of aromatic nitrogens is 1. The lowest BCUT2D eigenvalue weighted by atomic mass is 10.1. The topological polar surface area (TPSA) is 36.4 Å². The van der Waals surface area contributed by atoms with Crippen LogP contribution in [0.1, 0.15) is 29.0 Å². The lowest BCUT2D eigenvalue weighted by Gasteiger charge is -2.23. The molecule has 1 atom stereocenters. The van der Waals surface area contributed by atoms with Gasteiger partial charge in [-0.25, -0.2) is 0 Å². The van der Waals surface area contributed by atoms with E-state index in [9.17, 15) is 5.11 Å². The Hall–Kier alpha value is -1.23. The Kier molecular flexibility index (Phi) is 5.07. The molecule has 0 aliphatic carbocycles. The average molecular weight is 276 g/mol. The molecule has 1 heterocycles. The quantitative estimate of drug-likeness (QED) is 0.881. The van der Waals surface area contributed by atoms with Gasteiger partial charge in [-0.3, -0.25) is 9.88 Å². The molecule has 0 radical (unpaired) electrons. The van der Waals surface area contributed by atoms with Gasteiger partial charge in [-0.05, 0) is 19.0 Å². The minimum Gasteiger partial charge on any atom is -0.387 e. The van der Waals surface area contributed by atoms with E-state index in [2.05, 4.69) is 23.7 Å². The lowest BCUT2D eigenvalue weighted by molar-refractivity contribution is 0.113. The standard InChI is InChI=1S/C15H20N2OS/c1-3-17(9-14-8-16-11-19-14)10-15(18)13-6-4-12(2)5-7-13/h4-8,11,15,18H,3,9-10H2,1-2H3. The molecule has 0 bridgehead atoms. The molecule has 4 heteroatoms. The monoisotopic (exact) mass is 276 g/mol. The molecule has 1 aromatic heterocycles. The Labute approximate surface area is 118 Å². The first-order valence-corrected chi connectivity index (χ1v) is 7.41. The summed E-state index contributed by atoms with van der Waals surface area (Å²) in [6.45, 7) is 6.59. The molecule has 19 heavy (non-hydrogen) atoms. The molecule has 1 unspecified atom stereocenters. The van der Waals surface area contributed by atoms with E-state index in [1.807, 2.05) is 36.0 Å². The summed E-state index contributed by atoms with van der Waals surface area (Å²) in [6, 6.07) is 8.08. The summed E-state index contributed by atoms with van der Waals surface area (Å²) in [5, 5.41) is 10.3. The Balaban J connectivity index is 1.95. The van der Waals surface area contributed by atoms with Crippen LogP contribution in [-0.2, 0) is 6.54 Å². The summed E-state index contributed by atoms with van der Waals surface area (Å²) in [6.07, 6.45) is 1.46. The molecule has 0 fully saturated rings. The van der Waals surface area contributed by atoms with Crippen molar-refractivity contribution in [3.63, 3.8) is 0 Å². The summed E-state index contributed by atoms with van der Waals surface area (Å²) < 4.78 is 0. The van der Waals surface area contributed by atoms with Gasteiger partial charge in [0.2, 0.25) is 0 Å². The molecule has 102 valence electrons. The van der Waals surface area contributed by atoms with Crippen LogP contribution in [0.25, 0.3) is 0 Å². The molecule has 2 aromatic rings. The highest BCUT2D eigenvalue weighted by Gasteiger charge is 2.13. The molecule has 1 aromatic carbocycles. The zero-order valence-electron chi connectivity index (χ0n) is 11.4. The largest absolute Gasteiger partial charge is 0.387 e. The third-order valence-corrected chi connectivity index (χ3v) is 3.97. The van der Waals surface area contributed by atoms with E-state index in [0.717, 1.165) is 18.7 Å². The molecule has 0 saturated heterocycles. The third kappa shape index (κ3) is 4.13. The minimum atomic E-state index is -0.437. The van der Waals surface area contributed by atoms with Crippen LogP contribution in [0.2, 0.25) is 0 Å². The molecular formula is C15H20N2OS. The second-order valence-corrected chi connectivity index (χ2v) is 5.69. The van der Waals surface area contributed by atoms with E-state index >= 15 is 0 Å². The molecular weight excluding hydrogens is 256 g/mol. The van der Waals surface area contributed by atoms with Crippen LogP contribution in [0.4, 0.5) is 0 Å². The molecule has 0 amide bonds. The van der Waals surface area contributed by atoms with E-state index in [4.69, 9.17) is 0 Å². The number of likely N-dealkylation sites (N-methyl/N-ethyl adjacent to an activating group) is 1. The first-order chi connectivity index (χ1) is 9.19. The second-order valence-electron chi connectivity index (χ2n) is 4.72. The summed E-state index contributed by atoms with van der Waals surface area (Å²) in [5.74, 6) is 0. The SMILES string of the molecule is CCN(Cc1cncs1)CC(O)c1ccc(C)cc1. The van der Waals surface area contributed by atoms with Crippen LogP contribution >= 0.6 is 11.3 Å². The maximum Gasteiger partial charge on any atom is 0.0917 e. The number of hydrogen-bond donors (Lipinski definition) is 1. The number of thiazole rings is 1. The molecule has 0 aliphatic heterocycles. The van der Waals surface area contributed by atoms with Crippen molar-refractivity contribution in [1.29, 1.82) is 0 Å². The summed E-state index contributed by atoms with van der Waals surface area (Å²) in [7, 11) is 0. The Bertz CT molecular complexity index is 481. The second kappa shape index (κ2) is 6.80. The normalized spacial score (nSPS) is 12.8. The molecule has 0 spiro atoms. The van der Waals surface area contributed by atoms with Crippen LogP contribution in [0.3, 0.4) is 0 Å². The highest BCUT2D eigenvalue weighted by Crippen LogP contribution is 2.17. The van der Waals surface area contributed by atoms with Crippen LogP contribution in [0, 0.1) is 6.92 Å². The average Bonchev–Trinajstić information content (AvgIpc) is 2.91. The van der Waals surface area contributed by atoms with E-state index in [1.165, 1.54) is 10.4 Å². The maximum atomic E-state index is 10.3. The molecule has 0 saturated carbocycles. The zero-order valence-corrected chi connectivity index (χ0v) is 12.2. The number of aliphatic hydroxyl groups is 1. The fraction of sp³-hybridized carbons (Fsp3) is 0.400. The minimum absolute atomic E-state index is 0.437. The zero-order chi connectivity index (χ0) is 13.7. The van der Waals surface area contributed by atoms with E-state index in [1.54, 1.807) is 11.3 Å². The van der Waals surface area contributed by atoms with Crippen molar-refractivity contribution >= 4 is 11.3 Å². The highest BCUT2D eigenvalue weighted by molar-refractivity contribution is 7.09. The fourth-order valence-corrected chi connectivity index (χ4v) is 2.62. The first kappa shape index (κ1) is 14.2. The van der Waals surface area contributed by atoms with E-state index < -0.39 is 6.10 Å². The van der Waals surface area contributed by atoms with Gasteiger partial charge in [-0.1, -0.05) is 36.8 Å². The lowest BCUT2D eigenvalue weighted by Crippen LogP contribution is -2.27. The van der Waals surface area contributed by atoms with Crippen molar-refractivity contribution in [1.82, 2.24) is 9.88 Å². The smallest absolute Gasteiger partial charge is 0.0917 e. The van der Waals surface area contributed by atoms with E-state index in [0.29, 0.717) is 6.54 Å². The molecule has 0 aliphatic rings. The molecule has 3 nitrogen and oxygen atoms in total. The summed E-state index contributed by atoms with van der Waals surface area (Å²) >= 11 is 1.66. The van der Waals surface area contributed by atoms with Gasteiger partial charge in [-0.2, -0.15) is 0 Å². The van der Waals surface area contributed by atoms with Crippen LogP contribution in [0.15, 0.2) is 36.0 Å². The highest BCUT2D eigenvalue weighted by atomic mass is 32.1. The van der Waals surface area contributed by atoms with Gasteiger partial charge in [0.05, 0.1) is 11.6 Å². The van der Waals surface area contributed by atoms with Crippen molar-refractivity contribution in [2.75, 3.05) is 13.1 Å². The van der Waals surface area contributed by atoms with Crippen LogP contribution in [0.5, 0.6) is 0 Å². The number of nitrogens with zero attached hydrogens (tertiary/aromatic N) is 2. The van der Waals surface area contributed by atoms with Crippen LogP contribution < -0.4 is 0 Å². The summed E-state index contributed by atoms with van der Waals surface area (Å²) in [5.41, 5.74) is 4.04. The fourth-order valence-electron chi connectivity index (χ4n) is 1.98. The number of rotatable bonds is 6. The van der Waals surface area contributed by atoms with Gasteiger partial charge in [-0.15, -0.1) is 11.3 Å². The Morgan fingerprint density at radius 1 is 1.32 bits per heavy atom. The predicted molar refractivity (Wildman–Crippen MR) is 79.2 cm³/mol. The predicted octanol–water partition coefficient (Wildman–Crippen LogP) is 3.01. The number of hydrogen-bond acceptors (Lipinski definition) is 4. The first-order valence-electron chi connectivity index (χ1n) is 6.53. The van der Waals surface area contributed by atoms with Crippen molar-refractivity contribution in [2.24, 2.45) is 0 Å². The van der Waals surface area contributed by atoms with Crippen molar-refractivity contribution in [2.45, 2.75) is 26.5 Å². The molecule has 2 rings (SSSR count). The van der Waals surface area contributed by atoms with Gasteiger partial charge < -0.3 is 5.11 Å².